The second-order valence-corrected chi connectivity index (χ2v) is 6.82. The van der Waals surface area contributed by atoms with Crippen molar-refractivity contribution in [2.24, 2.45) is 0 Å². The molecule has 1 fully saturated rings. The number of nitrogens with one attached hydrogen (secondary N) is 1. The van der Waals surface area contributed by atoms with Crippen LogP contribution in [0, 0.1) is 0 Å². The number of ether oxygens (including phenoxy) is 1. The Morgan fingerprint density at radius 1 is 1.07 bits per heavy atom. The van der Waals surface area contributed by atoms with E-state index in [2.05, 4.69) is 5.32 Å². The summed E-state index contributed by atoms with van der Waals surface area (Å²) in [4.78, 5) is 25.9. The third-order valence-corrected chi connectivity index (χ3v) is 4.73. The fourth-order valence-electron chi connectivity index (χ4n) is 3.12. The molecule has 2 aromatic rings. The molecular formula is C20H24N2O6. The van der Waals surface area contributed by atoms with Gasteiger partial charge in [0.15, 0.2) is 5.76 Å². The van der Waals surface area contributed by atoms with Gasteiger partial charge in [0.25, 0.3) is 5.91 Å². The standard InChI is InChI=1S/C20H24N2O6/c1-22(12-13-6-3-2-4-7-13)17(23)10-15-18(24)19(25)16(28-15)11-21-20(26)14-8-5-9-27-14/h2-9,15-16,18-19,24-25H,10-12H2,1H3,(H,21,26)/t15-,16-,18+,19-/m1/s1. The number of carbonyl (C=O) groups is 2. The van der Waals surface area contributed by atoms with Crippen LogP contribution in [-0.2, 0) is 16.1 Å². The summed E-state index contributed by atoms with van der Waals surface area (Å²) in [7, 11) is 1.67. The summed E-state index contributed by atoms with van der Waals surface area (Å²) in [5.74, 6) is -0.514. The van der Waals surface area contributed by atoms with Crippen LogP contribution in [-0.4, -0.2) is 64.9 Å². The highest BCUT2D eigenvalue weighted by Gasteiger charge is 2.43. The third kappa shape index (κ3) is 4.78. The van der Waals surface area contributed by atoms with E-state index in [9.17, 15) is 19.8 Å². The molecule has 150 valence electrons. The first-order chi connectivity index (χ1) is 13.5. The average molecular weight is 388 g/mol. The second kappa shape index (κ2) is 9.01. The minimum Gasteiger partial charge on any atom is -0.459 e. The number of hydrogen-bond donors (Lipinski definition) is 3. The molecule has 1 saturated heterocycles. The monoisotopic (exact) mass is 388 g/mol. The van der Waals surface area contributed by atoms with Gasteiger partial charge >= 0.3 is 0 Å². The number of carbonyl (C=O) groups excluding carboxylic acids is 2. The van der Waals surface area contributed by atoms with Crippen molar-refractivity contribution in [1.82, 2.24) is 10.2 Å². The van der Waals surface area contributed by atoms with E-state index in [1.54, 1.807) is 18.0 Å². The first-order valence-electron chi connectivity index (χ1n) is 9.07. The van der Waals surface area contributed by atoms with Crippen molar-refractivity contribution < 1.29 is 29.0 Å². The first-order valence-corrected chi connectivity index (χ1v) is 9.07. The Labute approximate surface area is 162 Å². The van der Waals surface area contributed by atoms with Crippen molar-refractivity contribution in [3.8, 4) is 0 Å². The van der Waals surface area contributed by atoms with Gasteiger partial charge in [-0.2, -0.15) is 0 Å². The lowest BCUT2D eigenvalue weighted by Gasteiger charge is -2.21. The number of benzene rings is 1. The van der Waals surface area contributed by atoms with E-state index >= 15 is 0 Å². The van der Waals surface area contributed by atoms with E-state index in [0.717, 1.165) is 5.56 Å². The lowest BCUT2D eigenvalue weighted by Crippen LogP contribution is -2.40. The molecule has 28 heavy (non-hydrogen) atoms. The van der Waals surface area contributed by atoms with Crippen molar-refractivity contribution in [2.75, 3.05) is 13.6 Å². The molecule has 2 amide bonds. The van der Waals surface area contributed by atoms with Crippen LogP contribution in [0.5, 0.6) is 0 Å². The smallest absolute Gasteiger partial charge is 0.287 e. The molecule has 3 rings (SSSR count). The molecule has 0 radical (unpaired) electrons. The molecule has 8 nitrogen and oxygen atoms in total. The fourth-order valence-corrected chi connectivity index (χ4v) is 3.12. The Hall–Kier alpha value is -2.68. The van der Waals surface area contributed by atoms with Crippen LogP contribution in [0.2, 0.25) is 0 Å². The molecule has 0 spiro atoms. The van der Waals surface area contributed by atoms with Crippen molar-refractivity contribution >= 4 is 11.8 Å². The van der Waals surface area contributed by atoms with Gasteiger partial charge in [-0.15, -0.1) is 0 Å². The zero-order valence-corrected chi connectivity index (χ0v) is 15.5. The molecule has 4 atom stereocenters. The van der Waals surface area contributed by atoms with Gasteiger partial charge in [-0.05, 0) is 17.7 Å². The minimum absolute atomic E-state index is 0.0116. The molecule has 1 aromatic carbocycles. The summed E-state index contributed by atoms with van der Waals surface area (Å²) in [5, 5.41) is 23.0. The summed E-state index contributed by atoms with van der Waals surface area (Å²) in [6, 6.07) is 12.6. The Morgan fingerprint density at radius 3 is 2.46 bits per heavy atom. The highest BCUT2D eigenvalue weighted by atomic mass is 16.5. The van der Waals surface area contributed by atoms with Crippen LogP contribution in [0.25, 0.3) is 0 Å². The number of aliphatic hydroxyl groups is 2. The van der Waals surface area contributed by atoms with Crippen LogP contribution < -0.4 is 5.32 Å². The predicted octanol–water partition coefficient (Wildman–Crippen LogP) is 0.547. The molecule has 3 N–H and O–H groups in total. The quantitative estimate of drug-likeness (QED) is 0.639. The van der Waals surface area contributed by atoms with Gasteiger partial charge in [0, 0.05) is 20.1 Å². The number of rotatable bonds is 7. The van der Waals surface area contributed by atoms with Crippen molar-refractivity contribution in [1.29, 1.82) is 0 Å². The molecular weight excluding hydrogens is 364 g/mol. The molecule has 0 bridgehead atoms. The molecule has 1 aromatic heterocycles. The topological polar surface area (TPSA) is 112 Å². The SMILES string of the molecule is CN(Cc1ccccc1)C(=O)C[C@H]1O[C@H](CNC(=O)c2ccco2)[C@@H](O)[C@H]1O. The normalized spacial score (nSPS) is 24.1. The van der Waals surface area contributed by atoms with Gasteiger partial charge < -0.3 is 29.6 Å². The summed E-state index contributed by atoms with van der Waals surface area (Å²) in [6.45, 7) is 0.427. The van der Waals surface area contributed by atoms with E-state index in [4.69, 9.17) is 9.15 Å². The van der Waals surface area contributed by atoms with E-state index in [1.807, 2.05) is 30.3 Å². The molecule has 2 heterocycles. The number of hydrogen-bond acceptors (Lipinski definition) is 6. The highest BCUT2D eigenvalue weighted by Crippen LogP contribution is 2.24. The molecule has 1 aliphatic heterocycles. The van der Waals surface area contributed by atoms with Crippen LogP contribution in [0.15, 0.2) is 53.1 Å². The van der Waals surface area contributed by atoms with Gasteiger partial charge in [0.05, 0.1) is 18.8 Å². The molecule has 1 aliphatic rings. The van der Waals surface area contributed by atoms with Gasteiger partial charge in [-0.1, -0.05) is 30.3 Å². The molecule has 8 heteroatoms. The van der Waals surface area contributed by atoms with E-state index in [0.29, 0.717) is 6.54 Å². The van der Waals surface area contributed by atoms with Crippen molar-refractivity contribution in [2.45, 2.75) is 37.4 Å². The van der Waals surface area contributed by atoms with Gasteiger partial charge in [-0.25, -0.2) is 0 Å². The number of furan rings is 1. The van der Waals surface area contributed by atoms with E-state index < -0.39 is 30.3 Å². The Balaban J connectivity index is 1.50. The highest BCUT2D eigenvalue weighted by molar-refractivity contribution is 5.91. The summed E-state index contributed by atoms with van der Waals surface area (Å²) >= 11 is 0. The maximum Gasteiger partial charge on any atom is 0.287 e. The van der Waals surface area contributed by atoms with Gasteiger partial charge in [-0.3, -0.25) is 9.59 Å². The maximum atomic E-state index is 12.5. The van der Waals surface area contributed by atoms with E-state index in [1.165, 1.54) is 12.3 Å². The summed E-state index contributed by atoms with van der Waals surface area (Å²) < 4.78 is 10.6. The average Bonchev–Trinajstić information content (AvgIpc) is 3.32. The lowest BCUT2D eigenvalue weighted by atomic mass is 10.0. The number of aliphatic hydroxyl groups excluding tert-OH is 2. The Kier molecular flexibility index (Phi) is 6.45. The number of nitrogens with zero attached hydrogens (tertiary/aromatic N) is 1. The lowest BCUT2D eigenvalue weighted by molar-refractivity contribution is -0.134. The van der Waals surface area contributed by atoms with Crippen molar-refractivity contribution in [3.05, 3.63) is 60.1 Å². The minimum atomic E-state index is -1.21. The van der Waals surface area contributed by atoms with Gasteiger partial charge in [0.2, 0.25) is 5.91 Å². The maximum absolute atomic E-state index is 12.5. The van der Waals surface area contributed by atoms with Crippen molar-refractivity contribution in [3.63, 3.8) is 0 Å². The molecule has 0 saturated carbocycles. The Bertz CT molecular complexity index is 779. The van der Waals surface area contributed by atoms with Crippen LogP contribution in [0.3, 0.4) is 0 Å². The zero-order valence-electron chi connectivity index (χ0n) is 15.5. The zero-order chi connectivity index (χ0) is 20.1. The van der Waals surface area contributed by atoms with Gasteiger partial charge in [0.1, 0.15) is 18.3 Å². The van der Waals surface area contributed by atoms with Crippen LogP contribution in [0.4, 0.5) is 0 Å². The fraction of sp³-hybridized carbons (Fsp3) is 0.400. The molecule has 0 aliphatic carbocycles. The molecule has 0 unspecified atom stereocenters. The first kappa shape index (κ1) is 20.1. The van der Waals surface area contributed by atoms with Crippen LogP contribution in [0.1, 0.15) is 22.5 Å². The summed E-state index contributed by atoms with van der Waals surface area (Å²) in [6.07, 6.45) is -2.75. The predicted molar refractivity (Wildman–Crippen MR) is 99.2 cm³/mol. The number of amides is 2. The second-order valence-electron chi connectivity index (χ2n) is 6.82. The van der Waals surface area contributed by atoms with E-state index in [-0.39, 0.29) is 24.6 Å². The summed E-state index contributed by atoms with van der Waals surface area (Å²) in [5.41, 5.74) is 0.991. The largest absolute Gasteiger partial charge is 0.459 e. The third-order valence-electron chi connectivity index (χ3n) is 4.73. The Morgan fingerprint density at radius 2 is 1.79 bits per heavy atom. The van der Waals surface area contributed by atoms with Crippen LogP contribution >= 0.6 is 0 Å².